The smallest absolute Gasteiger partial charge is 0.315 e. The molecule has 8 heteroatoms. The minimum absolute atomic E-state index is 0.0498. The minimum atomic E-state index is -3.29. The lowest BCUT2D eigenvalue weighted by Crippen LogP contribution is -2.50. The van der Waals surface area contributed by atoms with Gasteiger partial charge in [-0.05, 0) is 27.7 Å². The Morgan fingerprint density at radius 2 is 1.74 bits per heavy atom. The first-order valence-electron chi connectivity index (χ1n) is 5.85. The van der Waals surface area contributed by atoms with Gasteiger partial charge in [0, 0.05) is 18.8 Å². The molecule has 0 bridgehead atoms. The molecule has 3 N–H and O–H groups in total. The Morgan fingerprint density at radius 3 is 2.11 bits per heavy atom. The average molecular weight is 294 g/mol. The van der Waals surface area contributed by atoms with Crippen LogP contribution in [0.1, 0.15) is 27.7 Å². The summed E-state index contributed by atoms with van der Waals surface area (Å²) in [4.78, 5) is 22.3. The zero-order valence-electron chi connectivity index (χ0n) is 11.9. The number of carbonyl (C=O) groups is 2. The number of nitrogens with one attached hydrogen (secondary N) is 2. The summed E-state index contributed by atoms with van der Waals surface area (Å²) in [6.07, 6.45) is 1.10. The lowest BCUT2D eigenvalue weighted by Gasteiger charge is -2.24. The number of amides is 2. The van der Waals surface area contributed by atoms with Gasteiger partial charge in [-0.15, -0.1) is 0 Å². The largest absolute Gasteiger partial charge is 0.481 e. The zero-order chi connectivity index (χ0) is 15.4. The van der Waals surface area contributed by atoms with Gasteiger partial charge in [-0.25, -0.2) is 13.2 Å². The highest BCUT2D eigenvalue weighted by Gasteiger charge is 2.31. The molecule has 0 aromatic heterocycles. The van der Waals surface area contributed by atoms with E-state index in [0.29, 0.717) is 0 Å². The molecule has 0 saturated carbocycles. The third-order valence-electron chi connectivity index (χ3n) is 3.18. The number of carboxylic acid groups (broad SMARTS) is 1. The fraction of sp³-hybridized carbons (Fsp3) is 0.818. The Bertz CT molecular complexity index is 444. The maximum atomic E-state index is 11.5. The van der Waals surface area contributed by atoms with Gasteiger partial charge in [-0.2, -0.15) is 0 Å². The van der Waals surface area contributed by atoms with Crippen molar-refractivity contribution < 1.29 is 23.1 Å². The van der Waals surface area contributed by atoms with Crippen molar-refractivity contribution in [2.75, 3.05) is 12.8 Å². The van der Waals surface area contributed by atoms with Gasteiger partial charge >= 0.3 is 12.0 Å². The number of urea groups is 1. The summed E-state index contributed by atoms with van der Waals surface area (Å²) in [6.45, 7) is 6.01. The van der Waals surface area contributed by atoms with Crippen molar-refractivity contribution in [1.82, 2.24) is 10.6 Å². The summed E-state index contributed by atoms with van der Waals surface area (Å²) in [5.41, 5.74) is 0. The Hall–Kier alpha value is -1.31. The summed E-state index contributed by atoms with van der Waals surface area (Å²) >= 11 is 0. The molecule has 112 valence electrons. The molecule has 7 nitrogen and oxygen atoms in total. The number of carboxylic acids is 1. The summed E-state index contributed by atoms with van der Waals surface area (Å²) in [7, 11) is -3.29. The molecule has 0 rings (SSSR count). The van der Waals surface area contributed by atoms with Crippen LogP contribution in [-0.2, 0) is 14.6 Å². The number of hydrogen-bond donors (Lipinski definition) is 3. The molecule has 0 aliphatic heterocycles. The van der Waals surface area contributed by atoms with Crippen molar-refractivity contribution in [3.05, 3.63) is 0 Å². The molecule has 0 aliphatic rings. The minimum Gasteiger partial charge on any atom is -0.481 e. The third kappa shape index (κ3) is 5.46. The number of sulfone groups is 1. The molecule has 0 saturated heterocycles. The monoisotopic (exact) mass is 294 g/mol. The average Bonchev–Trinajstić information content (AvgIpc) is 2.23. The van der Waals surface area contributed by atoms with E-state index >= 15 is 0 Å². The van der Waals surface area contributed by atoms with E-state index in [2.05, 4.69) is 10.6 Å². The molecule has 2 amide bonds. The first-order valence-corrected chi connectivity index (χ1v) is 7.74. The van der Waals surface area contributed by atoms with Crippen LogP contribution in [0.15, 0.2) is 0 Å². The topological polar surface area (TPSA) is 113 Å². The standard InChI is InChI=1S/C11H22N2O5S/c1-7(9(14)15)8(2)13-10(16)12-6-11(3,4)19(5,17)18/h7-8H,6H2,1-5H3,(H,14,15)(H2,12,13,16). The van der Waals surface area contributed by atoms with Crippen molar-refractivity contribution in [3.8, 4) is 0 Å². The molecular weight excluding hydrogens is 272 g/mol. The van der Waals surface area contributed by atoms with E-state index in [1.807, 2.05) is 0 Å². The predicted molar refractivity (Wildman–Crippen MR) is 71.7 cm³/mol. The van der Waals surface area contributed by atoms with Crippen LogP contribution in [0.5, 0.6) is 0 Å². The summed E-state index contributed by atoms with van der Waals surface area (Å²) < 4.78 is 21.8. The molecule has 2 unspecified atom stereocenters. The van der Waals surface area contributed by atoms with Crippen LogP contribution in [0.25, 0.3) is 0 Å². The van der Waals surface area contributed by atoms with Crippen LogP contribution < -0.4 is 10.6 Å². The highest BCUT2D eigenvalue weighted by atomic mass is 32.2. The van der Waals surface area contributed by atoms with E-state index in [1.165, 1.54) is 20.8 Å². The first-order chi connectivity index (χ1) is 8.38. The summed E-state index contributed by atoms with van der Waals surface area (Å²) in [6, 6.07) is -1.14. The lowest BCUT2D eigenvalue weighted by atomic mass is 10.0. The van der Waals surface area contributed by atoms with Gasteiger partial charge in [-0.1, -0.05) is 0 Å². The molecule has 0 radical (unpaired) electrons. The summed E-state index contributed by atoms with van der Waals surface area (Å²) in [5, 5.41) is 13.7. The molecule has 0 aliphatic carbocycles. The lowest BCUT2D eigenvalue weighted by molar-refractivity contribution is -0.141. The van der Waals surface area contributed by atoms with Gasteiger partial charge in [0.25, 0.3) is 0 Å². The molecule has 2 atom stereocenters. The van der Waals surface area contributed by atoms with Crippen molar-refractivity contribution in [1.29, 1.82) is 0 Å². The Kier molecular flexibility index (Phi) is 5.80. The molecule has 0 aromatic carbocycles. The van der Waals surface area contributed by atoms with E-state index in [-0.39, 0.29) is 6.54 Å². The van der Waals surface area contributed by atoms with Crippen LogP contribution in [0, 0.1) is 5.92 Å². The molecular formula is C11H22N2O5S. The number of aliphatic carboxylic acids is 1. The van der Waals surface area contributed by atoms with Gasteiger partial charge in [0.05, 0.1) is 10.7 Å². The first kappa shape index (κ1) is 17.7. The van der Waals surface area contributed by atoms with Crippen molar-refractivity contribution in [3.63, 3.8) is 0 Å². The van der Waals surface area contributed by atoms with Gasteiger partial charge < -0.3 is 15.7 Å². The van der Waals surface area contributed by atoms with Crippen molar-refractivity contribution in [2.24, 2.45) is 5.92 Å². The van der Waals surface area contributed by atoms with E-state index in [1.54, 1.807) is 6.92 Å². The van der Waals surface area contributed by atoms with Gasteiger partial charge in [0.2, 0.25) is 0 Å². The fourth-order valence-corrected chi connectivity index (χ4v) is 1.36. The van der Waals surface area contributed by atoms with E-state index in [9.17, 15) is 18.0 Å². The third-order valence-corrected chi connectivity index (χ3v) is 5.33. The predicted octanol–water partition coefficient (Wildman–Crippen LogP) is 0.218. The van der Waals surface area contributed by atoms with E-state index < -0.39 is 38.5 Å². The van der Waals surface area contributed by atoms with E-state index in [0.717, 1.165) is 6.26 Å². The van der Waals surface area contributed by atoms with Gasteiger partial charge in [0.15, 0.2) is 9.84 Å². The van der Waals surface area contributed by atoms with Crippen LogP contribution in [0.3, 0.4) is 0 Å². The number of hydrogen-bond acceptors (Lipinski definition) is 4. The summed E-state index contributed by atoms with van der Waals surface area (Å²) in [5.74, 6) is -1.74. The second kappa shape index (κ2) is 6.23. The van der Waals surface area contributed by atoms with Crippen LogP contribution in [0.2, 0.25) is 0 Å². The Morgan fingerprint density at radius 1 is 1.26 bits per heavy atom. The maximum Gasteiger partial charge on any atom is 0.315 e. The van der Waals surface area contributed by atoms with Crippen molar-refractivity contribution in [2.45, 2.75) is 38.5 Å². The second-order valence-corrected chi connectivity index (χ2v) is 7.92. The number of carbonyl (C=O) groups excluding carboxylic acids is 1. The highest BCUT2D eigenvalue weighted by molar-refractivity contribution is 7.92. The molecule has 19 heavy (non-hydrogen) atoms. The molecule has 0 fully saturated rings. The zero-order valence-corrected chi connectivity index (χ0v) is 12.7. The van der Waals surface area contributed by atoms with Crippen LogP contribution >= 0.6 is 0 Å². The SMILES string of the molecule is CC(NC(=O)NCC(C)(C)S(C)(=O)=O)C(C)C(=O)O. The number of rotatable bonds is 6. The highest BCUT2D eigenvalue weighted by Crippen LogP contribution is 2.13. The fourth-order valence-electron chi connectivity index (χ4n) is 1.02. The van der Waals surface area contributed by atoms with Crippen molar-refractivity contribution >= 4 is 21.8 Å². The van der Waals surface area contributed by atoms with Gasteiger partial charge in [0.1, 0.15) is 0 Å². The molecule has 0 heterocycles. The quantitative estimate of drug-likeness (QED) is 0.648. The molecule has 0 aromatic rings. The Labute approximate surface area is 113 Å². The van der Waals surface area contributed by atoms with Gasteiger partial charge in [-0.3, -0.25) is 4.79 Å². The normalized spacial score (nSPS) is 15.4. The Balaban J connectivity index is 4.39. The van der Waals surface area contributed by atoms with Crippen LogP contribution in [-0.4, -0.2) is 49.1 Å². The maximum absolute atomic E-state index is 11.5. The van der Waals surface area contributed by atoms with E-state index in [4.69, 9.17) is 5.11 Å². The second-order valence-electron chi connectivity index (χ2n) is 5.27. The van der Waals surface area contributed by atoms with Crippen LogP contribution in [0.4, 0.5) is 4.79 Å². The molecule has 0 spiro atoms.